The van der Waals surface area contributed by atoms with Gasteiger partial charge < -0.3 is 4.74 Å². The molecule has 0 aromatic heterocycles. The van der Waals surface area contributed by atoms with Gasteiger partial charge in [0, 0.05) is 29.2 Å². The fraction of sp³-hybridized carbons (Fsp3) is 0.533. The molecule has 20 heavy (non-hydrogen) atoms. The van der Waals surface area contributed by atoms with Crippen LogP contribution in [0.1, 0.15) is 24.2 Å². The maximum absolute atomic E-state index is 12.4. The van der Waals surface area contributed by atoms with E-state index >= 15 is 0 Å². The van der Waals surface area contributed by atoms with Crippen molar-refractivity contribution < 1.29 is 9.53 Å². The quantitative estimate of drug-likeness (QED) is 0.771. The number of rotatable bonds is 4. The van der Waals surface area contributed by atoms with Crippen LogP contribution in [0.2, 0.25) is 0 Å². The zero-order chi connectivity index (χ0) is 14.8. The zero-order valence-electron chi connectivity index (χ0n) is 12.1. The number of thioether (sulfide) groups is 1. The van der Waals surface area contributed by atoms with E-state index in [4.69, 9.17) is 4.74 Å². The second kappa shape index (κ2) is 6.50. The molecule has 1 aliphatic rings. The molecule has 1 aromatic rings. The largest absolute Gasteiger partial charge is 0.496 e. The number of halogens is 1. The van der Waals surface area contributed by atoms with Crippen LogP contribution in [0, 0.1) is 0 Å². The Balaban J connectivity index is 2.03. The molecule has 0 N–H and O–H groups in total. The Morgan fingerprint density at radius 3 is 2.85 bits per heavy atom. The summed E-state index contributed by atoms with van der Waals surface area (Å²) in [5.41, 5.74) is 0.730. The summed E-state index contributed by atoms with van der Waals surface area (Å²) in [5, 5.41) is 0. The molecule has 1 aliphatic heterocycles. The van der Waals surface area contributed by atoms with Crippen LogP contribution < -0.4 is 4.74 Å². The van der Waals surface area contributed by atoms with Gasteiger partial charge in [0.1, 0.15) is 5.75 Å². The van der Waals surface area contributed by atoms with Crippen LogP contribution in [0.3, 0.4) is 0 Å². The average Bonchev–Trinajstić information content (AvgIpc) is 2.37. The number of carbonyl (C=O) groups excluding carboxylic acids is 1. The lowest BCUT2D eigenvalue weighted by molar-refractivity contribution is 0.0927. The number of carbonyl (C=O) groups is 1. The standard InChI is InChI=1S/C15H20BrNO2S/c1-15(2)10-17(6-7-20-15)9-13(18)11-4-5-14(19-3)12(16)8-11/h4-5,8H,6-7,9-10H2,1-3H3. The molecule has 0 spiro atoms. The highest BCUT2D eigenvalue weighted by molar-refractivity contribution is 9.10. The summed E-state index contributed by atoms with van der Waals surface area (Å²) in [7, 11) is 1.62. The Morgan fingerprint density at radius 2 is 2.25 bits per heavy atom. The van der Waals surface area contributed by atoms with Gasteiger partial charge in [0.15, 0.2) is 5.78 Å². The molecule has 0 saturated carbocycles. The highest BCUT2D eigenvalue weighted by atomic mass is 79.9. The van der Waals surface area contributed by atoms with Gasteiger partial charge >= 0.3 is 0 Å². The van der Waals surface area contributed by atoms with E-state index in [2.05, 4.69) is 34.7 Å². The van der Waals surface area contributed by atoms with Gasteiger partial charge in [-0.05, 0) is 48.0 Å². The maximum Gasteiger partial charge on any atom is 0.176 e. The number of hydrogen-bond acceptors (Lipinski definition) is 4. The van der Waals surface area contributed by atoms with Crippen molar-refractivity contribution in [1.82, 2.24) is 4.90 Å². The van der Waals surface area contributed by atoms with E-state index in [1.807, 2.05) is 30.0 Å². The number of benzene rings is 1. The number of Topliss-reactive ketones (excluding diaryl/α,β-unsaturated/α-hetero) is 1. The van der Waals surface area contributed by atoms with Gasteiger partial charge in [0.2, 0.25) is 0 Å². The molecule has 0 atom stereocenters. The number of ether oxygens (including phenoxy) is 1. The van der Waals surface area contributed by atoms with Crippen LogP contribution in [-0.4, -0.2) is 47.9 Å². The first-order chi connectivity index (χ1) is 9.41. The molecule has 5 heteroatoms. The van der Waals surface area contributed by atoms with E-state index in [-0.39, 0.29) is 10.5 Å². The smallest absolute Gasteiger partial charge is 0.176 e. The first kappa shape index (κ1) is 15.9. The molecule has 3 nitrogen and oxygen atoms in total. The Bertz CT molecular complexity index is 505. The minimum Gasteiger partial charge on any atom is -0.496 e. The van der Waals surface area contributed by atoms with Gasteiger partial charge in [0.25, 0.3) is 0 Å². The Kier molecular flexibility index (Phi) is 5.15. The van der Waals surface area contributed by atoms with Crippen LogP contribution in [-0.2, 0) is 0 Å². The van der Waals surface area contributed by atoms with Crippen LogP contribution in [0.4, 0.5) is 0 Å². The van der Waals surface area contributed by atoms with Crippen molar-refractivity contribution in [3.8, 4) is 5.75 Å². The van der Waals surface area contributed by atoms with E-state index < -0.39 is 0 Å². The van der Waals surface area contributed by atoms with E-state index in [1.54, 1.807) is 7.11 Å². The maximum atomic E-state index is 12.4. The third kappa shape index (κ3) is 3.99. The summed E-state index contributed by atoms with van der Waals surface area (Å²) in [5.74, 6) is 2.00. The van der Waals surface area contributed by atoms with Crippen LogP contribution in [0.5, 0.6) is 5.75 Å². The van der Waals surface area contributed by atoms with Crippen molar-refractivity contribution in [2.75, 3.05) is 32.5 Å². The van der Waals surface area contributed by atoms with E-state index in [0.717, 1.165) is 34.6 Å². The average molecular weight is 358 g/mol. The minimum atomic E-state index is 0.163. The van der Waals surface area contributed by atoms with Crippen LogP contribution >= 0.6 is 27.7 Å². The summed E-state index contributed by atoms with van der Waals surface area (Å²) >= 11 is 5.40. The van der Waals surface area contributed by atoms with Gasteiger partial charge in [-0.15, -0.1) is 0 Å². The molecule has 0 bridgehead atoms. The van der Waals surface area contributed by atoms with Gasteiger partial charge in [-0.1, -0.05) is 0 Å². The molecule has 1 heterocycles. The predicted molar refractivity (Wildman–Crippen MR) is 88.0 cm³/mol. The predicted octanol–water partition coefficient (Wildman–Crippen LogP) is 3.47. The zero-order valence-corrected chi connectivity index (χ0v) is 14.5. The molecule has 1 aromatic carbocycles. The Morgan fingerprint density at radius 1 is 1.50 bits per heavy atom. The first-order valence-electron chi connectivity index (χ1n) is 6.64. The lowest BCUT2D eigenvalue weighted by Gasteiger charge is -2.37. The summed E-state index contributed by atoms with van der Waals surface area (Å²) in [6, 6.07) is 5.49. The van der Waals surface area contributed by atoms with Gasteiger partial charge in [-0.25, -0.2) is 0 Å². The highest BCUT2D eigenvalue weighted by Crippen LogP contribution is 2.30. The second-order valence-corrected chi connectivity index (χ2v) is 8.25. The van der Waals surface area contributed by atoms with Gasteiger partial charge in [-0.2, -0.15) is 11.8 Å². The van der Waals surface area contributed by atoms with Crippen molar-refractivity contribution in [3.63, 3.8) is 0 Å². The van der Waals surface area contributed by atoms with E-state index in [9.17, 15) is 4.79 Å². The molecule has 0 radical (unpaired) electrons. The van der Waals surface area contributed by atoms with Crippen molar-refractivity contribution in [2.45, 2.75) is 18.6 Å². The Labute approximate surface area is 133 Å². The van der Waals surface area contributed by atoms with Crippen molar-refractivity contribution >= 4 is 33.5 Å². The van der Waals surface area contributed by atoms with E-state index in [1.165, 1.54) is 0 Å². The summed E-state index contributed by atoms with van der Waals surface area (Å²) < 4.78 is 6.24. The Hall–Kier alpha value is -0.520. The van der Waals surface area contributed by atoms with Crippen LogP contribution in [0.15, 0.2) is 22.7 Å². The number of nitrogens with zero attached hydrogens (tertiary/aromatic N) is 1. The highest BCUT2D eigenvalue weighted by Gasteiger charge is 2.28. The molecule has 1 saturated heterocycles. The van der Waals surface area contributed by atoms with Gasteiger partial charge in [-0.3, -0.25) is 9.69 Å². The van der Waals surface area contributed by atoms with Crippen molar-refractivity contribution in [1.29, 1.82) is 0 Å². The third-order valence-corrected chi connectivity index (χ3v) is 5.26. The summed E-state index contributed by atoms with van der Waals surface area (Å²) in [6.45, 7) is 6.90. The minimum absolute atomic E-state index is 0.163. The van der Waals surface area contributed by atoms with Crippen molar-refractivity contribution in [2.24, 2.45) is 0 Å². The fourth-order valence-corrected chi connectivity index (χ4v) is 4.10. The van der Waals surface area contributed by atoms with Gasteiger partial charge in [0.05, 0.1) is 18.1 Å². The molecule has 0 unspecified atom stereocenters. The van der Waals surface area contributed by atoms with E-state index in [0.29, 0.717) is 6.54 Å². The fourth-order valence-electron chi connectivity index (χ4n) is 2.38. The van der Waals surface area contributed by atoms with Crippen molar-refractivity contribution in [3.05, 3.63) is 28.2 Å². The topological polar surface area (TPSA) is 29.5 Å². The molecular weight excluding hydrogens is 338 g/mol. The SMILES string of the molecule is COc1ccc(C(=O)CN2CCSC(C)(C)C2)cc1Br. The lowest BCUT2D eigenvalue weighted by Crippen LogP contribution is -2.45. The first-order valence-corrected chi connectivity index (χ1v) is 8.42. The number of hydrogen-bond donors (Lipinski definition) is 0. The molecule has 0 aliphatic carbocycles. The molecule has 2 rings (SSSR count). The third-order valence-electron chi connectivity index (χ3n) is 3.35. The molecular formula is C15H20BrNO2S. The molecule has 110 valence electrons. The number of ketones is 1. The lowest BCUT2D eigenvalue weighted by atomic mass is 10.1. The summed E-state index contributed by atoms with van der Waals surface area (Å²) in [6.07, 6.45) is 0. The number of methoxy groups -OCH3 is 1. The normalized spacial score (nSPS) is 18.8. The molecule has 0 amide bonds. The molecule has 1 fully saturated rings. The second-order valence-electron chi connectivity index (χ2n) is 5.59. The monoisotopic (exact) mass is 357 g/mol. The summed E-state index contributed by atoms with van der Waals surface area (Å²) in [4.78, 5) is 14.6. The van der Waals surface area contributed by atoms with Crippen LogP contribution in [0.25, 0.3) is 0 Å².